The molecule has 0 bridgehead atoms. The van der Waals surface area contributed by atoms with Gasteiger partial charge in [-0.15, -0.1) is 0 Å². The SMILES string of the molecule is Cc1cc2ncc3c(n2n1)C(C)(C)C[C@@H]3C(=O)Nc1cnc([C@@H]2CCCO2)c(Cl)c1. The number of hydrogen-bond acceptors (Lipinski definition) is 5. The van der Waals surface area contributed by atoms with Crippen LogP contribution in [0.15, 0.2) is 24.5 Å². The summed E-state index contributed by atoms with van der Waals surface area (Å²) in [4.78, 5) is 22.2. The van der Waals surface area contributed by atoms with E-state index in [9.17, 15) is 4.79 Å². The number of aryl methyl sites for hydroxylation is 1. The van der Waals surface area contributed by atoms with Gasteiger partial charge in [-0.25, -0.2) is 9.50 Å². The van der Waals surface area contributed by atoms with Gasteiger partial charge in [-0.05, 0) is 32.3 Å². The van der Waals surface area contributed by atoms with E-state index in [0.29, 0.717) is 17.1 Å². The Hall–Kier alpha value is -2.51. The van der Waals surface area contributed by atoms with E-state index in [2.05, 4.69) is 34.2 Å². The van der Waals surface area contributed by atoms with Gasteiger partial charge in [-0.3, -0.25) is 9.78 Å². The second-order valence-electron chi connectivity index (χ2n) is 8.84. The number of halogens is 1. The highest BCUT2D eigenvalue weighted by molar-refractivity contribution is 6.31. The summed E-state index contributed by atoms with van der Waals surface area (Å²) in [6.07, 6.45) is 6.02. The summed E-state index contributed by atoms with van der Waals surface area (Å²) in [6, 6.07) is 3.70. The minimum Gasteiger partial charge on any atom is -0.372 e. The Balaban J connectivity index is 1.43. The Labute approximate surface area is 179 Å². The molecule has 1 aliphatic carbocycles. The van der Waals surface area contributed by atoms with Crippen LogP contribution < -0.4 is 5.32 Å². The minimum atomic E-state index is -0.312. The number of aromatic nitrogens is 4. The fraction of sp³-hybridized carbons (Fsp3) is 0.455. The maximum absolute atomic E-state index is 13.2. The first-order valence-corrected chi connectivity index (χ1v) is 10.6. The molecule has 0 unspecified atom stereocenters. The second kappa shape index (κ2) is 7.03. The molecule has 2 atom stereocenters. The van der Waals surface area contributed by atoms with Crippen molar-refractivity contribution in [2.75, 3.05) is 11.9 Å². The molecular weight excluding hydrogens is 402 g/mol. The number of pyridine rings is 1. The number of nitrogens with zero attached hydrogens (tertiary/aromatic N) is 4. The largest absolute Gasteiger partial charge is 0.372 e. The lowest BCUT2D eigenvalue weighted by atomic mass is 9.88. The number of ether oxygens (including phenoxy) is 1. The van der Waals surface area contributed by atoms with Crippen LogP contribution in [0.4, 0.5) is 5.69 Å². The van der Waals surface area contributed by atoms with E-state index in [1.54, 1.807) is 12.3 Å². The minimum absolute atomic E-state index is 0.0595. The average Bonchev–Trinajstić information content (AvgIpc) is 3.39. The molecule has 1 aliphatic heterocycles. The number of anilines is 1. The van der Waals surface area contributed by atoms with Gasteiger partial charge in [0.1, 0.15) is 6.10 Å². The predicted molar refractivity (Wildman–Crippen MR) is 114 cm³/mol. The zero-order valence-electron chi connectivity index (χ0n) is 17.3. The van der Waals surface area contributed by atoms with Crippen LogP contribution in [0.1, 0.15) is 67.8 Å². The summed E-state index contributed by atoms with van der Waals surface area (Å²) in [5.74, 6) is -0.400. The van der Waals surface area contributed by atoms with Crippen LogP contribution in [-0.4, -0.2) is 32.1 Å². The van der Waals surface area contributed by atoms with Crippen LogP contribution in [-0.2, 0) is 14.9 Å². The topological polar surface area (TPSA) is 81.4 Å². The highest BCUT2D eigenvalue weighted by Gasteiger charge is 2.43. The number of fused-ring (bicyclic) bond motifs is 3. The highest BCUT2D eigenvalue weighted by atomic mass is 35.5. The van der Waals surface area contributed by atoms with Crippen molar-refractivity contribution in [1.29, 1.82) is 0 Å². The summed E-state index contributed by atoms with van der Waals surface area (Å²) in [7, 11) is 0. The van der Waals surface area contributed by atoms with Crippen LogP contribution in [0.5, 0.6) is 0 Å². The molecule has 1 amide bonds. The predicted octanol–water partition coefficient (Wildman–Crippen LogP) is 4.34. The normalized spacial score (nSPS) is 22.4. The molecule has 1 N–H and O–H groups in total. The average molecular weight is 426 g/mol. The van der Waals surface area contributed by atoms with Crippen LogP contribution in [0, 0.1) is 6.92 Å². The van der Waals surface area contributed by atoms with Crippen molar-refractivity contribution in [3.8, 4) is 0 Å². The Morgan fingerprint density at radius 3 is 2.87 bits per heavy atom. The molecule has 8 heteroatoms. The number of carbonyl (C=O) groups excluding carboxylic acids is 1. The number of hydrogen-bond donors (Lipinski definition) is 1. The zero-order valence-corrected chi connectivity index (χ0v) is 18.0. The van der Waals surface area contributed by atoms with Gasteiger partial charge >= 0.3 is 0 Å². The van der Waals surface area contributed by atoms with Gasteiger partial charge in [0, 0.05) is 29.8 Å². The highest BCUT2D eigenvalue weighted by Crippen LogP contribution is 2.46. The Morgan fingerprint density at radius 1 is 1.30 bits per heavy atom. The number of rotatable bonds is 3. The molecule has 0 radical (unpaired) electrons. The van der Waals surface area contributed by atoms with Crippen molar-refractivity contribution < 1.29 is 9.53 Å². The molecule has 3 aromatic heterocycles. The molecule has 3 aromatic rings. The molecular formula is C22H24ClN5O2. The molecule has 2 aliphatic rings. The third-order valence-electron chi connectivity index (χ3n) is 6.05. The van der Waals surface area contributed by atoms with Crippen molar-refractivity contribution in [1.82, 2.24) is 19.6 Å². The molecule has 1 fully saturated rings. The Kier molecular flexibility index (Phi) is 4.56. The maximum Gasteiger partial charge on any atom is 0.232 e. The first-order chi connectivity index (χ1) is 14.3. The van der Waals surface area contributed by atoms with E-state index in [0.717, 1.165) is 47.7 Å². The van der Waals surface area contributed by atoms with Gasteiger partial charge in [0.05, 0.1) is 39.9 Å². The number of amides is 1. The molecule has 5 rings (SSSR count). The summed E-state index contributed by atoms with van der Waals surface area (Å²) in [5, 5.41) is 8.11. The van der Waals surface area contributed by atoms with Crippen molar-refractivity contribution in [2.45, 2.75) is 57.5 Å². The van der Waals surface area contributed by atoms with E-state index in [-0.39, 0.29) is 23.3 Å². The second-order valence-corrected chi connectivity index (χ2v) is 9.25. The summed E-state index contributed by atoms with van der Waals surface area (Å²) in [5.41, 5.74) is 4.81. The van der Waals surface area contributed by atoms with Crippen LogP contribution in [0.25, 0.3) is 5.65 Å². The lowest BCUT2D eigenvalue weighted by Gasteiger charge is -2.19. The first kappa shape index (κ1) is 19.5. The van der Waals surface area contributed by atoms with E-state index < -0.39 is 0 Å². The summed E-state index contributed by atoms with van der Waals surface area (Å²) >= 11 is 6.43. The molecule has 30 heavy (non-hydrogen) atoms. The van der Waals surface area contributed by atoms with Crippen molar-refractivity contribution in [3.63, 3.8) is 0 Å². The van der Waals surface area contributed by atoms with Gasteiger partial charge in [-0.2, -0.15) is 5.10 Å². The molecule has 156 valence electrons. The van der Waals surface area contributed by atoms with E-state index in [1.807, 2.05) is 23.7 Å². The zero-order chi connectivity index (χ0) is 21.0. The molecule has 0 aromatic carbocycles. The van der Waals surface area contributed by atoms with Gasteiger partial charge in [0.15, 0.2) is 5.65 Å². The maximum atomic E-state index is 13.2. The van der Waals surface area contributed by atoms with Crippen molar-refractivity contribution in [2.24, 2.45) is 0 Å². The summed E-state index contributed by atoms with van der Waals surface area (Å²) in [6.45, 7) is 6.97. The Morgan fingerprint density at radius 2 is 2.13 bits per heavy atom. The van der Waals surface area contributed by atoms with Gasteiger partial charge in [0.25, 0.3) is 0 Å². The quantitative estimate of drug-likeness (QED) is 0.675. The van der Waals surface area contributed by atoms with Crippen molar-refractivity contribution >= 4 is 28.8 Å². The van der Waals surface area contributed by atoms with Crippen LogP contribution >= 0.6 is 11.6 Å². The monoisotopic (exact) mass is 425 g/mol. The van der Waals surface area contributed by atoms with E-state index >= 15 is 0 Å². The van der Waals surface area contributed by atoms with Gasteiger partial charge in [0.2, 0.25) is 5.91 Å². The smallest absolute Gasteiger partial charge is 0.232 e. The van der Waals surface area contributed by atoms with Crippen molar-refractivity contribution in [3.05, 3.63) is 52.2 Å². The van der Waals surface area contributed by atoms with Gasteiger partial charge < -0.3 is 10.1 Å². The number of carbonyl (C=O) groups is 1. The molecule has 1 saturated heterocycles. The fourth-order valence-electron chi connectivity index (χ4n) is 4.72. The van der Waals surface area contributed by atoms with Crippen LogP contribution in [0.3, 0.4) is 0 Å². The summed E-state index contributed by atoms with van der Waals surface area (Å²) < 4.78 is 7.55. The number of nitrogens with one attached hydrogen (secondary N) is 1. The third kappa shape index (κ3) is 3.17. The van der Waals surface area contributed by atoms with Gasteiger partial charge in [-0.1, -0.05) is 25.4 Å². The van der Waals surface area contributed by atoms with E-state index in [4.69, 9.17) is 16.3 Å². The van der Waals surface area contributed by atoms with E-state index in [1.165, 1.54) is 0 Å². The lowest BCUT2D eigenvalue weighted by Crippen LogP contribution is -2.21. The Bertz CT molecular complexity index is 1150. The molecule has 4 heterocycles. The molecule has 7 nitrogen and oxygen atoms in total. The van der Waals surface area contributed by atoms with Crippen LogP contribution in [0.2, 0.25) is 5.02 Å². The lowest BCUT2D eigenvalue weighted by molar-refractivity contribution is -0.117. The standard InChI is InChI=1S/C22H24ClN5O2/c1-12-7-18-24-11-15-14(9-22(2,3)20(15)28(18)27-12)21(29)26-13-8-16(23)19(25-10-13)17-5-4-6-30-17/h7-8,10-11,14,17H,4-6,9H2,1-3H3,(H,26,29)/t14-,17-/m0/s1. The molecule has 0 spiro atoms. The first-order valence-electron chi connectivity index (χ1n) is 10.3. The molecule has 0 saturated carbocycles. The fourth-order valence-corrected chi connectivity index (χ4v) is 5.01. The third-order valence-corrected chi connectivity index (χ3v) is 6.36.